The molecule has 0 saturated carbocycles. The Morgan fingerprint density at radius 2 is 1.72 bits per heavy atom. The Kier molecular flexibility index (Phi) is 9.24. The van der Waals surface area contributed by atoms with E-state index < -0.39 is 8.32 Å². The molecule has 0 radical (unpaired) electrons. The van der Waals surface area contributed by atoms with Gasteiger partial charge in [-0.05, 0) is 0 Å². The molecule has 0 bridgehead atoms. The van der Waals surface area contributed by atoms with E-state index in [1.165, 1.54) is 16.1 Å². The van der Waals surface area contributed by atoms with E-state index >= 15 is 0 Å². The molecule has 1 unspecified atom stereocenters. The second-order valence-electron chi connectivity index (χ2n) is 11.6. The fraction of sp³-hybridized carbons (Fsp3) is 0.344. The Morgan fingerprint density at radius 1 is 1.03 bits per heavy atom. The molecule has 1 aromatic heterocycles. The van der Waals surface area contributed by atoms with Crippen LogP contribution in [-0.2, 0) is 6.42 Å². The fourth-order valence-corrected chi connectivity index (χ4v) is 9.36. The number of aryl methyl sites for hydroxylation is 3. The number of nitrogens with zero attached hydrogens (tertiary/aromatic N) is 1. The number of hydrogen-bond donors (Lipinski definition) is 0. The number of benzene rings is 3. The maximum atomic E-state index is 14.9. The molecule has 7 heteroatoms. The van der Waals surface area contributed by atoms with Crippen molar-refractivity contribution >= 4 is 46.2 Å². The molecule has 4 aromatic rings. The maximum absolute atomic E-state index is 14.9. The molecule has 0 saturated heterocycles. The summed E-state index contributed by atoms with van der Waals surface area (Å²) in [5, 5.41) is 0.608. The van der Waals surface area contributed by atoms with E-state index in [0.717, 1.165) is 32.0 Å². The van der Waals surface area contributed by atoms with Crippen LogP contribution in [0.2, 0.25) is 23.2 Å². The van der Waals surface area contributed by atoms with E-state index in [1.807, 2.05) is 0 Å². The molecular weight excluding hydrogens is 608 g/mol. The van der Waals surface area contributed by atoms with Crippen molar-refractivity contribution in [3.8, 4) is 15.9 Å². The summed E-state index contributed by atoms with van der Waals surface area (Å²) < 4.78 is 23.9. The number of hydrogen-bond acceptors (Lipinski definition) is 3. The first-order valence-corrected chi connectivity index (χ1v) is 19.1. The van der Waals surface area contributed by atoms with E-state index in [9.17, 15) is 4.39 Å². The first-order chi connectivity index (χ1) is 18.2. The summed E-state index contributed by atoms with van der Waals surface area (Å²) in [6.07, 6.45) is 0.503. The number of halogens is 2. The van der Waals surface area contributed by atoms with Gasteiger partial charge < -0.3 is 0 Å². The van der Waals surface area contributed by atoms with Gasteiger partial charge in [-0.1, -0.05) is 0 Å². The molecule has 1 heterocycles. The van der Waals surface area contributed by atoms with Gasteiger partial charge in [-0.3, -0.25) is 0 Å². The fourth-order valence-electron chi connectivity index (χ4n) is 4.03. The van der Waals surface area contributed by atoms with Crippen molar-refractivity contribution in [1.29, 1.82) is 0 Å². The molecule has 0 aliphatic rings. The molecule has 0 amide bonds. The van der Waals surface area contributed by atoms with Crippen LogP contribution in [0.5, 0.6) is 5.75 Å². The molecule has 3 aromatic carbocycles. The standard InChI is InChI=1S/C32H37ClFNOSSeSi/c1-20-12-14-23(15-13-20)31-35-22(3)30(38-31)29(19-25-26(33)10-9-11-27(25)34)37-24-16-17-28(21(2)18-24)36-39(7,8)32(4,5)6/h9-18,29H,19H2,1-8H3. The predicted octanol–water partition coefficient (Wildman–Crippen LogP) is 9.98. The number of aromatic nitrogens is 1. The van der Waals surface area contributed by atoms with Gasteiger partial charge in [-0.2, -0.15) is 0 Å². The van der Waals surface area contributed by atoms with Gasteiger partial charge in [0.2, 0.25) is 0 Å². The molecule has 0 aliphatic carbocycles. The van der Waals surface area contributed by atoms with Crippen LogP contribution in [-0.4, -0.2) is 27.8 Å². The summed E-state index contributed by atoms with van der Waals surface area (Å²) in [5.41, 5.74) is 5.10. The van der Waals surface area contributed by atoms with Crippen LogP contribution < -0.4 is 4.43 Å². The first kappa shape index (κ1) is 30.1. The molecule has 0 N–H and O–H groups in total. The summed E-state index contributed by atoms with van der Waals surface area (Å²) in [6, 6.07) is 19.9. The van der Waals surface area contributed by atoms with Gasteiger partial charge in [0.15, 0.2) is 0 Å². The molecule has 0 fully saturated rings. The topological polar surface area (TPSA) is 22.1 Å². The van der Waals surface area contributed by atoms with Crippen molar-refractivity contribution in [2.75, 3.05) is 0 Å². The van der Waals surface area contributed by atoms with Crippen LogP contribution in [0.25, 0.3) is 10.1 Å². The second kappa shape index (κ2) is 12.0. The minimum atomic E-state index is -1.95. The molecule has 206 valence electrons. The van der Waals surface area contributed by atoms with Crippen LogP contribution in [0.1, 0.15) is 52.8 Å². The summed E-state index contributed by atoms with van der Waals surface area (Å²) >= 11 is 8.30. The van der Waals surface area contributed by atoms with Gasteiger partial charge in [0.05, 0.1) is 0 Å². The van der Waals surface area contributed by atoms with Crippen molar-refractivity contribution in [2.24, 2.45) is 0 Å². The Bertz CT molecular complexity index is 1440. The van der Waals surface area contributed by atoms with Crippen molar-refractivity contribution in [2.45, 2.75) is 76.2 Å². The molecule has 0 spiro atoms. The van der Waals surface area contributed by atoms with Crippen LogP contribution in [0.4, 0.5) is 4.39 Å². The quantitative estimate of drug-likeness (QED) is 0.141. The third-order valence-electron chi connectivity index (χ3n) is 7.47. The van der Waals surface area contributed by atoms with Gasteiger partial charge in [0.1, 0.15) is 0 Å². The Labute approximate surface area is 249 Å². The predicted molar refractivity (Wildman–Crippen MR) is 169 cm³/mol. The van der Waals surface area contributed by atoms with Crippen LogP contribution in [0.3, 0.4) is 0 Å². The third kappa shape index (κ3) is 7.09. The van der Waals surface area contributed by atoms with Crippen molar-refractivity contribution < 1.29 is 8.82 Å². The summed E-state index contributed by atoms with van der Waals surface area (Å²) in [5.74, 6) is 0.691. The minimum absolute atomic E-state index is 0.0117. The number of thioether (sulfide) groups is 1. The monoisotopic (exact) mass is 645 g/mol. The molecule has 4 rings (SSSR count). The third-order valence-corrected chi connectivity index (χ3v) is 16.5. The molecule has 0 aliphatic heterocycles. The van der Waals surface area contributed by atoms with Gasteiger partial charge in [0, 0.05) is 0 Å². The van der Waals surface area contributed by atoms with Crippen LogP contribution >= 0.6 is 23.4 Å². The SMILES string of the molecule is Cc1ccc(-c2nc(C)c(C(Cc3c(F)cccc3Cl)Sc3ccc(O[Si](C)(C)C(C)(C)C)c(C)c3)[se]2)cc1. The average molecular weight is 645 g/mol. The van der Waals surface area contributed by atoms with Crippen molar-refractivity contribution in [1.82, 2.24) is 4.98 Å². The van der Waals surface area contributed by atoms with Crippen molar-refractivity contribution in [3.63, 3.8) is 0 Å². The van der Waals surface area contributed by atoms with Crippen LogP contribution in [0.15, 0.2) is 65.6 Å². The van der Waals surface area contributed by atoms with Gasteiger partial charge >= 0.3 is 250 Å². The molecule has 2 nitrogen and oxygen atoms in total. The number of rotatable bonds is 8. The average Bonchev–Trinajstić information content (AvgIpc) is 3.23. The van der Waals surface area contributed by atoms with Crippen LogP contribution in [0, 0.1) is 26.6 Å². The molecule has 39 heavy (non-hydrogen) atoms. The second-order valence-corrected chi connectivity index (χ2v) is 20.2. The first-order valence-electron chi connectivity index (χ1n) is 13.2. The zero-order chi connectivity index (χ0) is 28.5. The summed E-state index contributed by atoms with van der Waals surface area (Å²) in [4.78, 5) is 6.11. The summed E-state index contributed by atoms with van der Waals surface area (Å²) in [6.45, 7) is 17.6. The van der Waals surface area contributed by atoms with Crippen molar-refractivity contribution in [3.05, 3.63) is 98.3 Å². The molecule has 1 atom stereocenters. The Balaban J connectivity index is 1.69. The van der Waals surface area contributed by atoms with Gasteiger partial charge in [-0.25, -0.2) is 0 Å². The van der Waals surface area contributed by atoms with E-state index in [0.29, 0.717) is 17.0 Å². The van der Waals surface area contributed by atoms with E-state index in [-0.39, 0.29) is 30.6 Å². The summed E-state index contributed by atoms with van der Waals surface area (Å²) in [7, 11) is -1.95. The van der Waals surface area contributed by atoms with E-state index in [2.05, 4.69) is 97.1 Å². The Hall–Kier alpha value is -1.82. The zero-order valence-corrected chi connectivity index (χ0v) is 28.3. The van der Waals surface area contributed by atoms with Gasteiger partial charge in [-0.15, -0.1) is 0 Å². The molecular formula is C32H37ClFNOSSeSi. The van der Waals surface area contributed by atoms with E-state index in [4.69, 9.17) is 21.0 Å². The van der Waals surface area contributed by atoms with Gasteiger partial charge in [0.25, 0.3) is 0 Å². The Morgan fingerprint density at radius 3 is 2.33 bits per heavy atom. The normalized spacial score (nSPS) is 13.0. The van der Waals surface area contributed by atoms with E-state index in [1.54, 1.807) is 23.9 Å². The zero-order valence-electron chi connectivity index (χ0n) is 24.0.